The second kappa shape index (κ2) is 4.47. The molecule has 116 valence electrons. The van der Waals surface area contributed by atoms with E-state index >= 15 is 0 Å². The minimum absolute atomic E-state index is 0.00708. The first-order valence-corrected chi connectivity index (χ1v) is 8.38. The minimum atomic E-state index is -0.238. The van der Waals surface area contributed by atoms with Gasteiger partial charge in [-0.25, -0.2) is 0 Å². The predicted molar refractivity (Wildman–Crippen MR) is 75.2 cm³/mol. The fourth-order valence-corrected chi connectivity index (χ4v) is 5.08. The van der Waals surface area contributed by atoms with Crippen LogP contribution in [0.4, 0.5) is 0 Å². The van der Waals surface area contributed by atoms with Crippen molar-refractivity contribution >= 4 is 11.9 Å². The number of esters is 2. The van der Waals surface area contributed by atoms with Crippen molar-refractivity contribution in [1.82, 2.24) is 0 Å². The van der Waals surface area contributed by atoms with Gasteiger partial charge in [0.25, 0.3) is 0 Å². The summed E-state index contributed by atoms with van der Waals surface area (Å²) in [5, 5.41) is 0. The summed E-state index contributed by atoms with van der Waals surface area (Å²) in [6.45, 7) is 4.23. The van der Waals surface area contributed by atoms with Gasteiger partial charge in [-0.2, -0.15) is 0 Å². The zero-order valence-electron chi connectivity index (χ0n) is 12.8. The first kappa shape index (κ1) is 13.6. The normalized spacial score (nSPS) is 51.7. The fourth-order valence-electron chi connectivity index (χ4n) is 5.08. The van der Waals surface area contributed by atoms with Crippen LogP contribution >= 0.6 is 0 Å². The third-order valence-corrected chi connectivity index (χ3v) is 6.54. The number of carbonyl (C=O) groups is 2. The van der Waals surface area contributed by atoms with Gasteiger partial charge in [-0.05, 0) is 56.8 Å². The molecule has 4 heteroatoms. The van der Waals surface area contributed by atoms with Crippen LogP contribution in [0.1, 0.15) is 52.4 Å². The molecule has 2 aliphatic heterocycles. The predicted octanol–water partition coefficient (Wildman–Crippen LogP) is 2.70. The average Bonchev–Trinajstić information content (AvgIpc) is 2.89. The number of carbonyl (C=O) groups excluding carboxylic acids is 2. The summed E-state index contributed by atoms with van der Waals surface area (Å²) in [6, 6.07) is 0. The number of hydrogen-bond donors (Lipinski definition) is 0. The van der Waals surface area contributed by atoms with Crippen LogP contribution < -0.4 is 0 Å². The van der Waals surface area contributed by atoms with Crippen molar-refractivity contribution < 1.29 is 19.1 Å². The number of ether oxygens (including phenoxy) is 2. The quantitative estimate of drug-likeness (QED) is 0.734. The number of rotatable bonds is 2. The molecule has 5 unspecified atom stereocenters. The van der Waals surface area contributed by atoms with Crippen LogP contribution in [0.25, 0.3) is 0 Å². The van der Waals surface area contributed by atoms with E-state index in [1.54, 1.807) is 0 Å². The molecule has 2 heterocycles. The number of fused-ring (bicyclic) bond motifs is 4. The average molecular weight is 292 g/mol. The molecule has 4 rings (SSSR count). The first-order chi connectivity index (χ1) is 9.96. The maximum Gasteiger partial charge on any atom is 0.312 e. The Morgan fingerprint density at radius 1 is 1.14 bits per heavy atom. The van der Waals surface area contributed by atoms with E-state index in [0.29, 0.717) is 17.8 Å². The lowest BCUT2D eigenvalue weighted by Crippen LogP contribution is -2.34. The van der Waals surface area contributed by atoms with Crippen LogP contribution in [-0.2, 0) is 19.1 Å². The van der Waals surface area contributed by atoms with E-state index in [9.17, 15) is 9.59 Å². The zero-order valence-corrected chi connectivity index (χ0v) is 12.8. The Bertz CT molecular complexity index is 487. The topological polar surface area (TPSA) is 52.6 Å². The van der Waals surface area contributed by atoms with Crippen molar-refractivity contribution in [3.05, 3.63) is 0 Å². The van der Waals surface area contributed by atoms with Gasteiger partial charge in [0.2, 0.25) is 0 Å². The summed E-state index contributed by atoms with van der Waals surface area (Å²) in [5.74, 6) is 1.42. The van der Waals surface area contributed by atoms with Gasteiger partial charge >= 0.3 is 11.9 Å². The van der Waals surface area contributed by atoms with Gasteiger partial charge in [0.1, 0.15) is 12.2 Å². The van der Waals surface area contributed by atoms with E-state index in [1.165, 1.54) is 0 Å². The van der Waals surface area contributed by atoms with Gasteiger partial charge in [0, 0.05) is 6.42 Å². The molecule has 4 nitrogen and oxygen atoms in total. The van der Waals surface area contributed by atoms with Gasteiger partial charge in [-0.3, -0.25) is 9.59 Å². The maximum absolute atomic E-state index is 12.0. The summed E-state index contributed by atoms with van der Waals surface area (Å²) in [6.07, 6.45) is 6.10. The van der Waals surface area contributed by atoms with Crippen LogP contribution in [0.3, 0.4) is 0 Å². The van der Waals surface area contributed by atoms with Crippen LogP contribution in [-0.4, -0.2) is 24.1 Å². The summed E-state index contributed by atoms with van der Waals surface area (Å²) in [4.78, 5) is 24.0. The molecule has 0 aromatic heterocycles. The highest BCUT2D eigenvalue weighted by atomic mass is 16.6. The summed E-state index contributed by atoms with van der Waals surface area (Å²) in [7, 11) is 0. The van der Waals surface area contributed by atoms with Crippen molar-refractivity contribution in [1.29, 1.82) is 0 Å². The van der Waals surface area contributed by atoms with Crippen LogP contribution in [0.15, 0.2) is 0 Å². The van der Waals surface area contributed by atoms with E-state index in [2.05, 4.69) is 6.92 Å². The molecule has 4 fully saturated rings. The van der Waals surface area contributed by atoms with E-state index in [1.807, 2.05) is 6.92 Å². The molecular formula is C17H24O4. The third kappa shape index (κ3) is 2.01. The summed E-state index contributed by atoms with van der Waals surface area (Å²) >= 11 is 0. The maximum atomic E-state index is 12.0. The standard InChI is InChI=1S/C17H24O4/c1-9-5-11(12-7-13(9)20-15(12)18)6-10-3-4-17(2)8-14(10)21-16(17)19/h9-14H,3-8H2,1-2H3/t9-,10?,11?,12?,13?,14?,17-/m1/s1. The molecule has 0 aromatic rings. The highest BCUT2D eigenvalue weighted by Crippen LogP contribution is 2.51. The second-order valence-corrected chi connectivity index (χ2v) is 8.03. The molecule has 0 N–H and O–H groups in total. The third-order valence-electron chi connectivity index (χ3n) is 6.54. The lowest BCUT2D eigenvalue weighted by molar-refractivity contribution is -0.148. The van der Waals surface area contributed by atoms with Crippen molar-refractivity contribution in [2.24, 2.45) is 29.1 Å². The summed E-state index contributed by atoms with van der Waals surface area (Å²) < 4.78 is 11.1. The van der Waals surface area contributed by atoms with E-state index in [0.717, 1.165) is 38.5 Å². The molecule has 7 atom stereocenters. The fraction of sp³-hybridized carbons (Fsp3) is 0.882. The molecule has 0 radical (unpaired) electrons. The Labute approximate surface area is 125 Å². The smallest absolute Gasteiger partial charge is 0.312 e. The molecule has 2 saturated carbocycles. The van der Waals surface area contributed by atoms with Gasteiger partial charge < -0.3 is 9.47 Å². The Balaban J connectivity index is 1.47. The SMILES string of the molecule is C[C@@H]1CC(CC2CC[C@]3(C)CC2OC3=O)C2CC1OC2=O. The molecule has 2 aliphatic carbocycles. The molecule has 0 aromatic carbocycles. The highest BCUT2D eigenvalue weighted by Gasteiger charge is 2.53. The Kier molecular flexibility index (Phi) is 2.89. The molecule has 0 amide bonds. The molecule has 4 aliphatic rings. The largest absolute Gasteiger partial charge is 0.462 e. The van der Waals surface area contributed by atoms with Crippen LogP contribution in [0.5, 0.6) is 0 Å². The first-order valence-electron chi connectivity index (χ1n) is 8.38. The van der Waals surface area contributed by atoms with Crippen LogP contribution in [0, 0.1) is 29.1 Å². The molecule has 4 bridgehead atoms. The van der Waals surface area contributed by atoms with Crippen molar-refractivity contribution in [3.63, 3.8) is 0 Å². The van der Waals surface area contributed by atoms with Crippen LogP contribution in [0.2, 0.25) is 0 Å². The van der Waals surface area contributed by atoms with Gasteiger partial charge in [0.15, 0.2) is 0 Å². The van der Waals surface area contributed by atoms with Crippen molar-refractivity contribution in [2.75, 3.05) is 0 Å². The van der Waals surface area contributed by atoms with E-state index in [-0.39, 0.29) is 35.5 Å². The van der Waals surface area contributed by atoms with E-state index in [4.69, 9.17) is 9.47 Å². The second-order valence-electron chi connectivity index (χ2n) is 8.03. The Morgan fingerprint density at radius 2 is 1.95 bits per heavy atom. The minimum Gasteiger partial charge on any atom is -0.462 e. The Morgan fingerprint density at radius 3 is 2.76 bits per heavy atom. The highest BCUT2D eigenvalue weighted by molar-refractivity contribution is 5.79. The number of hydrogen-bond acceptors (Lipinski definition) is 4. The van der Waals surface area contributed by atoms with Gasteiger partial charge in [-0.1, -0.05) is 6.92 Å². The summed E-state index contributed by atoms with van der Waals surface area (Å²) in [5.41, 5.74) is -0.238. The lowest BCUT2D eigenvalue weighted by atomic mass is 9.66. The molecule has 2 saturated heterocycles. The van der Waals surface area contributed by atoms with Crippen molar-refractivity contribution in [3.8, 4) is 0 Å². The van der Waals surface area contributed by atoms with E-state index < -0.39 is 0 Å². The van der Waals surface area contributed by atoms with Gasteiger partial charge in [0.05, 0.1) is 11.3 Å². The van der Waals surface area contributed by atoms with Gasteiger partial charge in [-0.15, -0.1) is 0 Å². The monoisotopic (exact) mass is 292 g/mol. The molecule has 21 heavy (non-hydrogen) atoms. The molecule has 0 spiro atoms. The van der Waals surface area contributed by atoms with Crippen molar-refractivity contribution in [2.45, 2.75) is 64.6 Å². The molecular weight excluding hydrogens is 268 g/mol. The zero-order chi connectivity index (χ0) is 14.8. The lowest BCUT2D eigenvalue weighted by Gasteiger charge is -2.36. The Hall–Kier alpha value is -1.06.